The molecule has 118 valence electrons. The highest BCUT2D eigenvalue weighted by atomic mass is 16.5. The topological polar surface area (TPSA) is 64.3 Å². The van der Waals surface area contributed by atoms with E-state index < -0.39 is 0 Å². The number of nitrogens with one attached hydrogen (secondary N) is 1. The molecule has 0 aliphatic heterocycles. The molecule has 1 unspecified atom stereocenters. The minimum absolute atomic E-state index is 0.0200. The predicted molar refractivity (Wildman–Crippen MR) is 86.7 cm³/mol. The van der Waals surface area contributed by atoms with Gasteiger partial charge in [0.05, 0.1) is 12.6 Å². The molecule has 1 atom stereocenters. The third-order valence-corrected chi connectivity index (χ3v) is 3.40. The molecule has 0 aliphatic rings. The Kier molecular flexibility index (Phi) is 6.21. The summed E-state index contributed by atoms with van der Waals surface area (Å²) in [5.41, 5.74) is 7.78. The van der Waals surface area contributed by atoms with Crippen molar-refractivity contribution >= 4 is 5.91 Å². The van der Waals surface area contributed by atoms with Crippen LogP contribution in [-0.4, -0.2) is 25.1 Å². The normalized spacial score (nSPS) is 13.0. The molecule has 0 spiro atoms. The van der Waals surface area contributed by atoms with Crippen LogP contribution in [0.1, 0.15) is 45.2 Å². The Morgan fingerprint density at radius 1 is 1.38 bits per heavy atom. The number of aryl methyl sites for hydroxylation is 1. The molecule has 0 aliphatic carbocycles. The molecule has 0 bridgehead atoms. The van der Waals surface area contributed by atoms with Gasteiger partial charge in [-0.2, -0.15) is 0 Å². The predicted octanol–water partition coefficient (Wildman–Crippen LogP) is 2.52. The van der Waals surface area contributed by atoms with E-state index in [0.717, 1.165) is 5.75 Å². The van der Waals surface area contributed by atoms with Crippen molar-refractivity contribution in [3.8, 4) is 5.75 Å². The van der Waals surface area contributed by atoms with Crippen LogP contribution in [0, 0.1) is 6.92 Å². The Labute approximate surface area is 128 Å². The van der Waals surface area contributed by atoms with E-state index in [9.17, 15) is 4.79 Å². The number of carbonyl (C=O) groups excluding carboxylic acids is 1. The summed E-state index contributed by atoms with van der Waals surface area (Å²) in [6, 6.07) is 5.87. The zero-order valence-electron chi connectivity index (χ0n) is 13.8. The summed E-state index contributed by atoms with van der Waals surface area (Å²) in [6.45, 7) is 11.7. The number of ether oxygens (including phenoxy) is 1. The molecular weight excluding hydrogens is 264 g/mol. The van der Waals surface area contributed by atoms with Gasteiger partial charge in [0.15, 0.2) is 0 Å². The molecule has 0 saturated heterocycles. The van der Waals surface area contributed by atoms with Crippen LogP contribution < -0.4 is 15.8 Å². The van der Waals surface area contributed by atoms with Crippen LogP contribution in [0.4, 0.5) is 0 Å². The maximum Gasteiger partial charge on any atom is 0.234 e. The number of benzene rings is 1. The van der Waals surface area contributed by atoms with Crippen molar-refractivity contribution in [1.82, 2.24) is 5.32 Å². The van der Waals surface area contributed by atoms with Gasteiger partial charge in [-0.1, -0.05) is 45.4 Å². The summed E-state index contributed by atoms with van der Waals surface area (Å²) in [5, 5.41) is 3.07. The summed E-state index contributed by atoms with van der Waals surface area (Å²) in [4.78, 5) is 11.3. The number of primary amides is 1. The maximum atomic E-state index is 11.3. The number of hydrogen-bond acceptors (Lipinski definition) is 3. The number of rotatable bonds is 7. The van der Waals surface area contributed by atoms with Gasteiger partial charge in [-0.3, -0.25) is 4.79 Å². The third-order valence-electron chi connectivity index (χ3n) is 3.40. The van der Waals surface area contributed by atoms with Gasteiger partial charge in [0, 0.05) is 6.42 Å². The van der Waals surface area contributed by atoms with Crippen LogP contribution in [0.25, 0.3) is 0 Å². The molecule has 0 fully saturated rings. The van der Waals surface area contributed by atoms with Gasteiger partial charge in [0.25, 0.3) is 0 Å². The number of nitrogens with two attached hydrogens (primary N) is 1. The van der Waals surface area contributed by atoms with Crippen LogP contribution >= 0.6 is 0 Å². The monoisotopic (exact) mass is 292 g/mol. The van der Waals surface area contributed by atoms with Crippen LogP contribution in [0.2, 0.25) is 0 Å². The van der Waals surface area contributed by atoms with E-state index in [1.807, 2.05) is 19.1 Å². The lowest BCUT2D eigenvalue weighted by atomic mass is 9.85. The standard InChI is InChI=1S/C17H28N2O2/c1-6-19-14(16(18)20)9-10-21-15-8-7-12(2)11-13(15)17(3,4)5/h7-8,11,14,19H,6,9-10H2,1-5H3,(H2,18,20). The first-order valence-electron chi connectivity index (χ1n) is 7.52. The molecule has 0 radical (unpaired) electrons. The van der Waals surface area contributed by atoms with Crippen LogP contribution in [0.15, 0.2) is 18.2 Å². The number of hydrogen-bond donors (Lipinski definition) is 2. The first kappa shape index (κ1) is 17.5. The van der Waals surface area contributed by atoms with Crippen molar-refractivity contribution in [3.05, 3.63) is 29.3 Å². The molecule has 1 aromatic carbocycles. The van der Waals surface area contributed by atoms with E-state index in [0.29, 0.717) is 19.6 Å². The molecule has 0 aromatic heterocycles. The minimum atomic E-state index is -0.335. The Morgan fingerprint density at radius 3 is 2.57 bits per heavy atom. The van der Waals surface area contributed by atoms with Crippen molar-refractivity contribution in [1.29, 1.82) is 0 Å². The van der Waals surface area contributed by atoms with Crippen LogP contribution in [-0.2, 0) is 10.2 Å². The maximum absolute atomic E-state index is 11.3. The van der Waals surface area contributed by atoms with E-state index in [-0.39, 0.29) is 17.4 Å². The fraction of sp³-hybridized carbons (Fsp3) is 0.588. The van der Waals surface area contributed by atoms with Gasteiger partial charge in [0.1, 0.15) is 5.75 Å². The second kappa shape index (κ2) is 7.46. The lowest BCUT2D eigenvalue weighted by Crippen LogP contribution is -2.42. The average molecular weight is 292 g/mol. The van der Waals surface area contributed by atoms with Gasteiger partial charge in [-0.15, -0.1) is 0 Å². The molecule has 0 saturated carbocycles. The highest BCUT2D eigenvalue weighted by molar-refractivity contribution is 5.79. The summed E-state index contributed by atoms with van der Waals surface area (Å²) < 4.78 is 5.90. The lowest BCUT2D eigenvalue weighted by Gasteiger charge is -2.24. The summed E-state index contributed by atoms with van der Waals surface area (Å²) in [7, 11) is 0. The Hall–Kier alpha value is -1.55. The zero-order valence-corrected chi connectivity index (χ0v) is 13.8. The molecule has 1 aromatic rings. The Balaban J connectivity index is 2.73. The van der Waals surface area contributed by atoms with Gasteiger partial charge in [-0.05, 0) is 30.5 Å². The highest BCUT2D eigenvalue weighted by Crippen LogP contribution is 2.32. The minimum Gasteiger partial charge on any atom is -0.493 e. The SMILES string of the molecule is CCNC(CCOc1ccc(C)cc1C(C)(C)C)C(N)=O. The summed E-state index contributed by atoms with van der Waals surface area (Å²) in [6.07, 6.45) is 0.570. The van der Waals surface area contributed by atoms with E-state index in [1.54, 1.807) is 0 Å². The fourth-order valence-electron chi connectivity index (χ4n) is 2.23. The number of amides is 1. The van der Waals surface area contributed by atoms with Crippen molar-refractivity contribution in [3.63, 3.8) is 0 Å². The van der Waals surface area contributed by atoms with Gasteiger partial charge in [-0.25, -0.2) is 0 Å². The van der Waals surface area contributed by atoms with E-state index in [4.69, 9.17) is 10.5 Å². The second-order valence-corrected chi connectivity index (χ2v) is 6.40. The van der Waals surface area contributed by atoms with Crippen molar-refractivity contribution in [2.24, 2.45) is 5.73 Å². The van der Waals surface area contributed by atoms with Crippen LogP contribution in [0.3, 0.4) is 0 Å². The summed E-state index contributed by atoms with van der Waals surface area (Å²) in [5.74, 6) is 0.549. The molecule has 4 heteroatoms. The van der Waals surface area contributed by atoms with Gasteiger partial charge >= 0.3 is 0 Å². The zero-order chi connectivity index (χ0) is 16.0. The molecule has 0 heterocycles. The third kappa shape index (κ3) is 5.38. The average Bonchev–Trinajstić information content (AvgIpc) is 2.38. The second-order valence-electron chi connectivity index (χ2n) is 6.40. The quantitative estimate of drug-likeness (QED) is 0.811. The number of likely N-dealkylation sites (N-methyl/N-ethyl adjacent to an activating group) is 1. The molecule has 21 heavy (non-hydrogen) atoms. The first-order chi connectivity index (χ1) is 9.75. The van der Waals surface area contributed by atoms with Crippen molar-refractivity contribution < 1.29 is 9.53 Å². The molecule has 1 rings (SSSR count). The number of carbonyl (C=O) groups is 1. The van der Waals surface area contributed by atoms with E-state index >= 15 is 0 Å². The first-order valence-corrected chi connectivity index (χ1v) is 7.52. The smallest absolute Gasteiger partial charge is 0.234 e. The molecule has 1 amide bonds. The van der Waals surface area contributed by atoms with Crippen LogP contribution in [0.5, 0.6) is 5.75 Å². The Morgan fingerprint density at radius 2 is 2.05 bits per heavy atom. The van der Waals surface area contributed by atoms with Gasteiger partial charge in [0.2, 0.25) is 5.91 Å². The lowest BCUT2D eigenvalue weighted by molar-refractivity contribution is -0.120. The van der Waals surface area contributed by atoms with E-state index in [2.05, 4.69) is 39.1 Å². The summed E-state index contributed by atoms with van der Waals surface area (Å²) >= 11 is 0. The van der Waals surface area contributed by atoms with Crippen molar-refractivity contribution in [2.75, 3.05) is 13.2 Å². The highest BCUT2D eigenvalue weighted by Gasteiger charge is 2.20. The molecule has 3 N–H and O–H groups in total. The Bertz CT molecular complexity index is 478. The largest absolute Gasteiger partial charge is 0.493 e. The molecule has 4 nitrogen and oxygen atoms in total. The van der Waals surface area contributed by atoms with Gasteiger partial charge < -0.3 is 15.8 Å². The van der Waals surface area contributed by atoms with Crippen molar-refractivity contribution in [2.45, 2.75) is 52.5 Å². The molecular formula is C17H28N2O2. The van der Waals surface area contributed by atoms with E-state index in [1.165, 1.54) is 11.1 Å². The fourth-order valence-corrected chi connectivity index (χ4v) is 2.23.